The molecule has 1 amide bonds. The summed E-state index contributed by atoms with van der Waals surface area (Å²) < 4.78 is 75.0. The third kappa shape index (κ3) is 15.4. The fourth-order valence-corrected chi connectivity index (χ4v) is 3.81. The zero-order valence-corrected chi connectivity index (χ0v) is 26.0. The number of hydrogen-bond donors (Lipinski definition) is 8. The topological polar surface area (TPSA) is 257 Å². The van der Waals surface area contributed by atoms with Crippen LogP contribution in [-0.4, -0.2) is 105 Å². The van der Waals surface area contributed by atoms with Crippen LogP contribution < -0.4 is 20.5 Å². The fourth-order valence-electron chi connectivity index (χ4n) is 3.81. The average Bonchev–Trinajstić information content (AvgIpc) is 3.00. The van der Waals surface area contributed by atoms with Gasteiger partial charge in [-0.15, -0.1) is 0 Å². The molecule has 21 heteroatoms. The Hall–Kier alpha value is -5.76. The highest BCUT2D eigenvalue weighted by molar-refractivity contribution is 5.95. The lowest BCUT2D eigenvalue weighted by Gasteiger charge is -2.32. The molecule has 276 valence electrons. The van der Waals surface area contributed by atoms with Crippen LogP contribution in [0.5, 0.6) is 17.2 Å². The van der Waals surface area contributed by atoms with E-state index in [-0.39, 0.29) is 30.0 Å². The lowest BCUT2D eigenvalue weighted by molar-refractivity contribution is -0.193. The number of nitrogen functional groups attached to an aromatic ring is 1. The molecule has 0 radical (unpaired) electrons. The summed E-state index contributed by atoms with van der Waals surface area (Å²) in [6, 6.07) is 9.84. The van der Waals surface area contributed by atoms with E-state index in [1.54, 1.807) is 31.2 Å². The van der Waals surface area contributed by atoms with E-state index >= 15 is 0 Å². The Balaban J connectivity index is 0.000000748. The highest BCUT2D eigenvalue weighted by Crippen LogP contribution is 2.27. The second kappa shape index (κ2) is 18.7. The molecule has 0 spiro atoms. The third-order valence-corrected chi connectivity index (χ3v) is 6.29. The number of amides is 1. The lowest BCUT2D eigenvalue weighted by Crippen LogP contribution is -2.40. The molecular formula is C29H33F6N5O10. The van der Waals surface area contributed by atoms with Crippen molar-refractivity contribution >= 4 is 35.5 Å². The molecule has 0 saturated carbocycles. The monoisotopic (exact) mass is 725 g/mol. The number of carboxylic acid groups (broad SMARTS) is 3. The quantitative estimate of drug-likeness (QED) is 0.0996. The largest absolute Gasteiger partial charge is 0.504 e. The molecule has 1 atom stereocenters. The molecule has 15 nitrogen and oxygen atoms in total. The fraction of sp³-hybridized carbons (Fsp3) is 0.379. The van der Waals surface area contributed by atoms with Crippen LogP contribution in [0.25, 0.3) is 0 Å². The van der Waals surface area contributed by atoms with Gasteiger partial charge in [-0.1, -0.05) is 0 Å². The van der Waals surface area contributed by atoms with E-state index in [9.17, 15) is 46.1 Å². The number of nitrogens with one attached hydrogen (secondary N) is 3. The van der Waals surface area contributed by atoms with Gasteiger partial charge in [-0.3, -0.25) is 20.4 Å². The number of benzene rings is 2. The zero-order chi connectivity index (χ0) is 38.4. The van der Waals surface area contributed by atoms with Gasteiger partial charge in [0, 0.05) is 37.1 Å². The van der Waals surface area contributed by atoms with E-state index in [4.69, 9.17) is 45.8 Å². The Bertz CT molecular complexity index is 1490. The van der Waals surface area contributed by atoms with Crippen molar-refractivity contribution in [3.05, 3.63) is 53.6 Å². The number of halogens is 6. The minimum atomic E-state index is -5.08. The van der Waals surface area contributed by atoms with E-state index in [2.05, 4.69) is 5.32 Å². The van der Waals surface area contributed by atoms with Crippen LogP contribution in [0.15, 0.2) is 42.5 Å². The minimum Gasteiger partial charge on any atom is -0.504 e. The maximum Gasteiger partial charge on any atom is 0.490 e. The molecule has 0 unspecified atom stereocenters. The van der Waals surface area contributed by atoms with Crippen molar-refractivity contribution < 1.29 is 75.4 Å². The molecule has 1 saturated heterocycles. The van der Waals surface area contributed by atoms with Crippen LogP contribution in [0.2, 0.25) is 0 Å². The number of amidine groups is 2. The first kappa shape index (κ1) is 42.3. The number of carbonyl (C=O) groups is 4. The molecule has 50 heavy (non-hydrogen) atoms. The molecule has 3 rings (SSSR count). The van der Waals surface area contributed by atoms with E-state index < -0.39 is 48.6 Å². The second-order valence-corrected chi connectivity index (χ2v) is 10.2. The summed E-state index contributed by atoms with van der Waals surface area (Å²) in [6.45, 7) is 3.09. The smallest absolute Gasteiger partial charge is 0.490 e. The van der Waals surface area contributed by atoms with Crippen molar-refractivity contribution in [1.29, 1.82) is 10.8 Å². The predicted octanol–water partition coefficient (Wildman–Crippen LogP) is 3.44. The van der Waals surface area contributed by atoms with Crippen LogP contribution in [0.1, 0.15) is 42.1 Å². The Morgan fingerprint density at radius 2 is 1.40 bits per heavy atom. The highest BCUT2D eigenvalue weighted by atomic mass is 19.4. The summed E-state index contributed by atoms with van der Waals surface area (Å²) in [5.41, 5.74) is 6.12. The number of ether oxygens (including phenoxy) is 2. The van der Waals surface area contributed by atoms with Crippen molar-refractivity contribution in [2.75, 3.05) is 19.7 Å². The summed E-state index contributed by atoms with van der Waals surface area (Å²) in [4.78, 5) is 43.8. The van der Waals surface area contributed by atoms with E-state index in [0.717, 1.165) is 25.9 Å². The summed E-state index contributed by atoms with van der Waals surface area (Å²) in [5, 5.41) is 51.3. The molecular weight excluding hydrogens is 692 g/mol. The van der Waals surface area contributed by atoms with Gasteiger partial charge < -0.3 is 45.9 Å². The van der Waals surface area contributed by atoms with Crippen LogP contribution in [-0.2, 0) is 14.4 Å². The van der Waals surface area contributed by atoms with Gasteiger partial charge in [0.2, 0.25) is 0 Å². The molecule has 1 aliphatic rings. The second-order valence-electron chi connectivity index (χ2n) is 10.2. The standard InChI is InChI=1S/C25H31N5O6.2C2HF3O2/c1-15(26)30-10-8-20(9-11-30)36-19-5-2-16(3-6-19)25(34)29-18(13-23(32)33)14-35-22-12-17(24(27)28)4-7-21(22)31;2*3-2(4,5)1(6)7/h2-7,12,18,20,26,31H,8-11,13-14H2,1H3,(H3,27,28)(H,29,34)(H,32,33);2*(H,6,7)/t18-;;/m1../s1. The normalized spacial score (nSPS) is 13.6. The number of nitrogens with two attached hydrogens (primary N) is 1. The van der Waals surface area contributed by atoms with Gasteiger partial charge in [0.25, 0.3) is 5.91 Å². The SMILES string of the molecule is CC(=N)N1CCC(Oc2ccc(C(=O)N[C@@H](COc3cc(C(=N)N)ccc3O)CC(=O)O)cc2)CC1.O=C(O)C(F)(F)F.O=C(O)C(F)(F)F. The number of alkyl halides is 6. The average molecular weight is 726 g/mol. The number of aliphatic carboxylic acids is 3. The van der Waals surface area contributed by atoms with Crippen molar-refractivity contribution in [2.24, 2.45) is 5.73 Å². The summed E-state index contributed by atoms with van der Waals surface area (Å²) in [6.07, 6.45) is -8.91. The summed E-state index contributed by atoms with van der Waals surface area (Å²) >= 11 is 0. The van der Waals surface area contributed by atoms with E-state index in [0.29, 0.717) is 22.7 Å². The van der Waals surface area contributed by atoms with E-state index in [1.165, 1.54) is 18.2 Å². The Kier molecular flexibility index (Phi) is 15.8. The number of carbonyl (C=O) groups excluding carboxylic acids is 1. The number of nitrogens with zero attached hydrogens (tertiary/aromatic N) is 1. The molecule has 2 aromatic carbocycles. The van der Waals surface area contributed by atoms with Gasteiger partial charge in [-0.2, -0.15) is 26.3 Å². The number of likely N-dealkylation sites (tertiary alicyclic amines) is 1. The van der Waals surface area contributed by atoms with Gasteiger partial charge in [0.15, 0.2) is 11.5 Å². The van der Waals surface area contributed by atoms with Crippen molar-refractivity contribution in [3.8, 4) is 17.2 Å². The molecule has 1 aliphatic heterocycles. The molecule has 9 N–H and O–H groups in total. The first-order valence-electron chi connectivity index (χ1n) is 14.0. The predicted molar refractivity (Wildman–Crippen MR) is 161 cm³/mol. The molecule has 0 aromatic heterocycles. The van der Waals surface area contributed by atoms with Crippen molar-refractivity contribution in [2.45, 2.75) is 50.7 Å². The lowest BCUT2D eigenvalue weighted by atomic mass is 10.1. The number of phenols is 1. The van der Waals surface area contributed by atoms with Crippen LogP contribution >= 0.6 is 0 Å². The molecule has 1 fully saturated rings. The molecule has 0 bridgehead atoms. The van der Waals surface area contributed by atoms with E-state index in [1.807, 2.05) is 4.90 Å². The highest BCUT2D eigenvalue weighted by Gasteiger charge is 2.39. The molecule has 2 aromatic rings. The van der Waals surface area contributed by atoms with Gasteiger partial charge in [-0.05, 0) is 49.4 Å². The van der Waals surface area contributed by atoms with Gasteiger partial charge >= 0.3 is 30.3 Å². The number of phenolic OH excluding ortho intramolecular Hbond substituents is 1. The zero-order valence-electron chi connectivity index (χ0n) is 26.0. The van der Waals surface area contributed by atoms with Gasteiger partial charge in [0.1, 0.15) is 24.3 Å². The number of piperidine rings is 1. The number of aromatic hydroxyl groups is 1. The summed E-state index contributed by atoms with van der Waals surface area (Å²) in [5.74, 6) is -6.33. The number of hydrogen-bond acceptors (Lipinski definition) is 9. The first-order valence-corrected chi connectivity index (χ1v) is 14.0. The molecule has 0 aliphatic carbocycles. The third-order valence-electron chi connectivity index (χ3n) is 6.29. The van der Waals surface area contributed by atoms with Crippen molar-refractivity contribution in [1.82, 2.24) is 10.2 Å². The molecule has 1 heterocycles. The maximum absolute atomic E-state index is 12.7. The first-order chi connectivity index (χ1) is 23.0. The number of carboxylic acids is 3. The van der Waals surface area contributed by atoms with Gasteiger partial charge in [-0.25, -0.2) is 9.59 Å². The minimum absolute atomic E-state index is 0.0236. The maximum atomic E-state index is 12.7. The Labute approximate surface area is 279 Å². The van der Waals surface area contributed by atoms with Gasteiger partial charge in [0.05, 0.1) is 18.3 Å². The summed E-state index contributed by atoms with van der Waals surface area (Å²) in [7, 11) is 0. The number of rotatable bonds is 10. The van der Waals surface area contributed by atoms with Crippen LogP contribution in [0.3, 0.4) is 0 Å². The van der Waals surface area contributed by atoms with Crippen LogP contribution in [0.4, 0.5) is 26.3 Å². The Morgan fingerprint density at radius 1 is 0.920 bits per heavy atom. The van der Waals surface area contributed by atoms with Crippen LogP contribution in [0, 0.1) is 10.8 Å². The Morgan fingerprint density at radius 3 is 1.82 bits per heavy atom. The van der Waals surface area contributed by atoms with Crippen molar-refractivity contribution in [3.63, 3.8) is 0 Å².